The quantitative estimate of drug-likeness (QED) is 0.570. The molecule has 0 spiro atoms. The number of aromatic nitrogens is 4. The molecule has 0 amide bonds. The lowest BCUT2D eigenvalue weighted by Gasteiger charge is -2.11. The van der Waals surface area contributed by atoms with E-state index in [1.807, 2.05) is 67.2 Å². The average molecular weight is 316 g/mol. The summed E-state index contributed by atoms with van der Waals surface area (Å²) in [6.45, 7) is 2.01. The van der Waals surface area contributed by atoms with Crippen molar-refractivity contribution in [2.45, 2.75) is 6.92 Å². The van der Waals surface area contributed by atoms with Crippen molar-refractivity contribution in [2.24, 2.45) is 7.05 Å². The number of rotatable bonds is 3. The second-order valence-corrected chi connectivity index (χ2v) is 5.62. The first-order chi connectivity index (χ1) is 11.7. The zero-order chi connectivity index (χ0) is 16.5. The van der Waals surface area contributed by atoms with Crippen LogP contribution in [0.5, 0.6) is 11.6 Å². The summed E-state index contributed by atoms with van der Waals surface area (Å²) >= 11 is 0. The van der Waals surface area contributed by atoms with Crippen LogP contribution in [0, 0.1) is 6.92 Å². The summed E-state index contributed by atoms with van der Waals surface area (Å²) in [5.74, 6) is 1.93. The molecule has 0 aliphatic heterocycles. The van der Waals surface area contributed by atoms with Crippen molar-refractivity contribution in [3.63, 3.8) is 0 Å². The second-order valence-electron chi connectivity index (χ2n) is 5.62. The molecule has 0 aliphatic rings. The van der Waals surface area contributed by atoms with Gasteiger partial charge in [-0.15, -0.1) is 0 Å². The Morgan fingerprint density at radius 1 is 1.00 bits per heavy atom. The van der Waals surface area contributed by atoms with Crippen molar-refractivity contribution in [1.82, 2.24) is 19.5 Å². The molecule has 0 saturated heterocycles. The Bertz CT molecular complexity index is 1010. The summed E-state index contributed by atoms with van der Waals surface area (Å²) in [6, 6.07) is 13.7. The fourth-order valence-corrected chi connectivity index (χ4v) is 2.63. The van der Waals surface area contributed by atoms with Gasteiger partial charge in [0.25, 0.3) is 0 Å². The molecular weight excluding hydrogens is 300 g/mol. The van der Waals surface area contributed by atoms with Crippen LogP contribution in [0.4, 0.5) is 0 Å². The first-order valence-corrected chi connectivity index (χ1v) is 7.69. The fourth-order valence-electron chi connectivity index (χ4n) is 2.63. The van der Waals surface area contributed by atoms with E-state index < -0.39 is 0 Å². The molecule has 1 aromatic carbocycles. The molecule has 4 aromatic rings. The lowest BCUT2D eigenvalue weighted by atomic mass is 10.2. The minimum Gasteiger partial charge on any atom is -0.437 e. The Hall–Kier alpha value is -3.21. The third-order valence-corrected chi connectivity index (χ3v) is 3.91. The number of benzene rings is 1. The largest absolute Gasteiger partial charge is 0.437 e. The molecule has 0 fully saturated rings. The predicted octanol–water partition coefficient (Wildman–Crippen LogP) is 4.13. The van der Waals surface area contributed by atoms with Gasteiger partial charge in [-0.2, -0.15) is 4.98 Å². The summed E-state index contributed by atoms with van der Waals surface area (Å²) in [4.78, 5) is 13.4. The molecule has 0 saturated carbocycles. The number of pyridine rings is 1. The maximum Gasteiger partial charge on any atom is 0.247 e. The van der Waals surface area contributed by atoms with E-state index in [0.717, 1.165) is 27.9 Å². The third-order valence-electron chi connectivity index (χ3n) is 3.91. The lowest BCUT2D eigenvalue weighted by molar-refractivity contribution is 0.463. The molecule has 118 valence electrons. The van der Waals surface area contributed by atoms with Gasteiger partial charge in [0.1, 0.15) is 11.3 Å². The highest BCUT2D eigenvalue weighted by molar-refractivity contribution is 5.83. The van der Waals surface area contributed by atoms with Crippen molar-refractivity contribution in [3.05, 3.63) is 66.6 Å². The van der Waals surface area contributed by atoms with Gasteiger partial charge in [-0.1, -0.05) is 18.2 Å². The van der Waals surface area contributed by atoms with Crippen LogP contribution < -0.4 is 4.74 Å². The van der Waals surface area contributed by atoms with E-state index in [-0.39, 0.29) is 0 Å². The van der Waals surface area contributed by atoms with E-state index >= 15 is 0 Å². The van der Waals surface area contributed by atoms with E-state index in [4.69, 9.17) is 4.74 Å². The molecule has 3 aromatic heterocycles. The number of nitrogens with zero attached hydrogens (tertiary/aromatic N) is 4. The molecule has 0 radical (unpaired) electrons. The van der Waals surface area contributed by atoms with E-state index in [0.29, 0.717) is 11.7 Å². The van der Waals surface area contributed by atoms with Gasteiger partial charge in [0, 0.05) is 31.2 Å². The van der Waals surface area contributed by atoms with Crippen LogP contribution in [-0.2, 0) is 7.05 Å². The summed E-state index contributed by atoms with van der Waals surface area (Å²) in [7, 11) is 1.96. The van der Waals surface area contributed by atoms with E-state index in [2.05, 4.69) is 15.0 Å². The van der Waals surface area contributed by atoms with Gasteiger partial charge < -0.3 is 9.30 Å². The Morgan fingerprint density at radius 2 is 1.88 bits per heavy atom. The molecule has 0 bridgehead atoms. The smallest absolute Gasteiger partial charge is 0.247 e. The van der Waals surface area contributed by atoms with Crippen LogP contribution in [-0.4, -0.2) is 19.5 Å². The Kier molecular flexibility index (Phi) is 3.46. The number of fused-ring (bicyclic) bond motifs is 1. The van der Waals surface area contributed by atoms with Crippen molar-refractivity contribution >= 4 is 11.0 Å². The maximum absolute atomic E-state index is 6.13. The van der Waals surface area contributed by atoms with Gasteiger partial charge in [0.15, 0.2) is 5.82 Å². The van der Waals surface area contributed by atoms with Gasteiger partial charge in [0.05, 0.1) is 5.52 Å². The molecule has 0 N–H and O–H groups in total. The minimum absolute atomic E-state index is 0.542. The van der Waals surface area contributed by atoms with E-state index in [1.54, 1.807) is 12.4 Å². The molecule has 24 heavy (non-hydrogen) atoms. The van der Waals surface area contributed by atoms with Crippen LogP contribution in [0.3, 0.4) is 0 Å². The van der Waals surface area contributed by atoms with E-state index in [1.165, 1.54) is 0 Å². The molecule has 0 unspecified atom stereocenters. The van der Waals surface area contributed by atoms with Crippen LogP contribution in [0.25, 0.3) is 22.4 Å². The Labute approximate surface area is 139 Å². The number of aryl methyl sites for hydroxylation is 2. The summed E-state index contributed by atoms with van der Waals surface area (Å²) < 4.78 is 8.10. The molecular formula is C19H16N4O. The highest BCUT2D eigenvalue weighted by atomic mass is 16.5. The van der Waals surface area contributed by atoms with Crippen molar-refractivity contribution in [2.75, 3.05) is 0 Å². The molecule has 5 nitrogen and oxygen atoms in total. The number of ether oxygens (including phenoxy) is 1. The standard InChI is InChI=1S/C19H16N4O/c1-13-6-3-4-8-16(13)24-19-17-15(9-11-23(17)2)21-18(22-19)14-7-5-10-20-12-14/h3-12H,1-2H3. The predicted molar refractivity (Wildman–Crippen MR) is 93.0 cm³/mol. The summed E-state index contributed by atoms with van der Waals surface area (Å²) in [6.07, 6.45) is 5.44. The summed E-state index contributed by atoms with van der Waals surface area (Å²) in [5, 5.41) is 0. The highest BCUT2D eigenvalue weighted by Gasteiger charge is 2.15. The van der Waals surface area contributed by atoms with Gasteiger partial charge in [-0.25, -0.2) is 4.98 Å². The van der Waals surface area contributed by atoms with Gasteiger partial charge >= 0.3 is 0 Å². The van der Waals surface area contributed by atoms with Crippen molar-refractivity contribution in [1.29, 1.82) is 0 Å². The van der Waals surface area contributed by atoms with Crippen LogP contribution >= 0.6 is 0 Å². The zero-order valence-corrected chi connectivity index (χ0v) is 13.5. The molecule has 5 heteroatoms. The SMILES string of the molecule is Cc1ccccc1Oc1nc(-c2cccnc2)nc2ccn(C)c12. The van der Waals surface area contributed by atoms with Gasteiger partial charge in [-0.05, 0) is 36.8 Å². The highest BCUT2D eigenvalue weighted by Crippen LogP contribution is 2.31. The van der Waals surface area contributed by atoms with Crippen molar-refractivity contribution in [3.8, 4) is 23.0 Å². The monoisotopic (exact) mass is 316 g/mol. The van der Waals surface area contributed by atoms with Crippen LogP contribution in [0.2, 0.25) is 0 Å². The Balaban J connectivity index is 1.89. The molecule has 0 aliphatic carbocycles. The van der Waals surface area contributed by atoms with Gasteiger partial charge in [-0.3, -0.25) is 4.98 Å². The van der Waals surface area contributed by atoms with E-state index in [9.17, 15) is 0 Å². The fraction of sp³-hybridized carbons (Fsp3) is 0.105. The van der Waals surface area contributed by atoms with Crippen molar-refractivity contribution < 1.29 is 4.74 Å². The first-order valence-electron chi connectivity index (χ1n) is 7.69. The van der Waals surface area contributed by atoms with Crippen LogP contribution in [0.1, 0.15) is 5.56 Å². The Morgan fingerprint density at radius 3 is 2.67 bits per heavy atom. The number of hydrogen-bond acceptors (Lipinski definition) is 4. The summed E-state index contributed by atoms with van der Waals surface area (Å²) in [5.41, 5.74) is 3.63. The minimum atomic E-state index is 0.542. The topological polar surface area (TPSA) is 52.8 Å². The normalized spacial score (nSPS) is 10.9. The first kappa shape index (κ1) is 14.4. The average Bonchev–Trinajstić information content (AvgIpc) is 2.99. The third kappa shape index (κ3) is 2.50. The number of hydrogen-bond donors (Lipinski definition) is 0. The molecule has 0 atom stereocenters. The van der Waals surface area contributed by atoms with Crippen LogP contribution in [0.15, 0.2) is 61.1 Å². The van der Waals surface area contributed by atoms with Gasteiger partial charge in [0.2, 0.25) is 5.88 Å². The molecule has 4 rings (SSSR count). The lowest BCUT2D eigenvalue weighted by Crippen LogP contribution is -1.99. The number of para-hydroxylation sites is 1. The maximum atomic E-state index is 6.13. The molecule has 3 heterocycles. The zero-order valence-electron chi connectivity index (χ0n) is 13.5. The second kappa shape index (κ2) is 5.77.